The Morgan fingerprint density at radius 1 is 0.903 bits per heavy atom. The highest BCUT2D eigenvalue weighted by Crippen LogP contribution is 2.62. The predicted molar refractivity (Wildman–Crippen MR) is 229 cm³/mol. The van der Waals surface area contributed by atoms with E-state index in [1.54, 1.807) is 42.5 Å². The number of carbonyl (C=O) groups excluding carboxylic acids is 6. The van der Waals surface area contributed by atoms with E-state index in [1.165, 1.54) is 11.0 Å². The van der Waals surface area contributed by atoms with Crippen molar-refractivity contribution < 1.29 is 33.2 Å². The average molecular weight is 861 g/mol. The third-order valence-electron chi connectivity index (χ3n) is 14.3. The number of nitrogens with one attached hydrogen (secondary N) is 5. The fourth-order valence-electron chi connectivity index (χ4n) is 11.4. The smallest absolute Gasteiger partial charge is 0.255 e. The van der Waals surface area contributed by atoms with Gasteiger partial charge in [-0.3, -0.25) is 39.4 Å². The molecule has 5 N–H and O–H groups in total. The molecule has 14 heteroatoms. The van der Waals surface area contributed by atoms with Crippen molar-refractivity contribution in [1.82, 2.24) is 26.2 Å². The molecule has 62 heavy (non-hydrogen) atoms. The van der Waals surface area contributed by atoms with Crippen molar-refractivity contribution >= 4 is 52.7 Å². The lowest BCUT2D eigenvalue weighted by Gasteiger charge is -2.47. The van der Waals surface area contributed by atoms with Crippen LogP contribution in [0.4, 0.5) is 10.1 Å². The van der Waals surface area contributed by atoms with E-state index in [-0.39, 0.29) is 54.5 Å². The van der Waals surface area contributed by atoms with Crippen molar-refractivity contribution in [2.75, 3.05) is 11.9 Å². The summed E-state index contributed by atoms with van der Waals surface area (Å²) in [6, 6.07) is 15.4. The normalized spacial score (nSPS) is 27.3. The standard InChI is InChI=1S/C48H50ClFN6O6/c49-30-17-20-35-37(26-30)53-46(62)48(35)40(33-12-4-5-14-36(33)50)41(55-47(48)23-6-2-7-24-47)44(60)52-31-18-15-29(16-19-31)42(58)51-25-8-1-3-10-28-11-9-13-32-34(28)27-56(45(32)61)38-21-22-39(57)54-43(38)59/h4-5,9,11-14,17,20,26,29,31,38,40-41,55H,1-2,6-8,15-16,18-19,21-25,27H2,(H,51,58)(H,52,60)(H,53,62)(H,54,57,59)/t29?,31?,38?,40-,41?,48+/m0/s1. The molecule has 3 aromatic carbocycles. The van der Waals surface area contributed by atoms with Gasteiger partial charge in [0.2, 0.25) is 29.5 Å². The van der Waals surface area contributed by atoms with Gasteiger partial charge in [0.25, 0.3) is 5.91 Å². The van der Waals surface area contributed by atoms with E-state index >= 15 is 4.39 Å². The molecular formula is C48H50ClFN6O6. The molecule has 2 aliphatic carbocycles. The Morgan fingerprint density at radius 3 is 2.47 bits per heavy atom. The molecule has 12 nitrogen and oxygen atoms in total. The number of fused-ring (bicyclic) bond motifs is 4. The molecule has 3 aromatic rings. The van der Waals surface area contributed by atoms with Gasteiger partial charge in [0.05, 0.1) is 6.04 Å². The first kappa shape index (κ1) is 41.8. The molecule has 0 aromatic heterocycles. The maximum Gasteiger partial charge on any atom is 0.255 e. The number of amides is 6. The van der Waals surface area contributed by atoms with Crippen molar-refractivity contribution in [3.63, 3.8) is 0 Å². The highest BCUT2D eigenvalue weighted by molar-refractivity contribution is 6.31. The molecule has 0 bridgehead atoms. The summed E-state index contributed by atoms with van der Waals surface area (Å²) < 4.78 is 16.0. The van der Waals surface area contributed by atoms with Crippen LogP contribution in [0.5, 0.6) is 0 Å². The first-order chi connectivity index (χ1) is 30.0. The Morgan fingerprint density at radius 2 is 1.69 bits per heavy atom. The van der Waals surface area contributed by atoms with E-state index in [9.17, 15) is 28.8 Å². The van der Waals surface area contributed by atoms with Gasteiger partial charge in [-0.05, 0) is 98.4 Å². The molecule has 6 amide bonds. The summed E-state index contributed by atoms with van der Waals surface area (Å²) in [6.45, 7) is 0.709. The number of nitrogens with zero attached hydrogens (tertiary/aromatic N) is 1. The van der Waals surface area contributed by atoms with Crippen LogP contribution in [0.2, 0.25) is 5.02 Å². The first-order valence-electron chi connectivity index (χ1n) is 22.0. The number of piperidine rings is 1. The number of anilines is 1. The lowest BCUT2D eigenvalue weighted by atomic mass is 9.55. The maximum absolute atomic E-state index is 16.0. The minimum atomic E-state index is -1.25. The van der Waals surface area contributed by atoms with Crippen molar-refractivity contribution in [2.45, 2.75) is 125 Å². The Hall–Kier alpha value is -5.58. The van der Waals surface area contributed by atoms with E-state index in [4.69, 9.17) is 11.6 Å². The number of unbranched alkanes of at least 4 members (excludes halogenated alkanes) is 1. The number of rotatable bonds is 8. The van der Waals surface area contributed by atoms with Crippen molar-refractivity contribution in [1.29, 1.82) is 0 Å². The zero-order valence-corrected chi connectivity index (χ0v) is 35.2. The molecule has 2 unspecified atom stereocenters. The molecule has 2 saturated carbocycles. The topological polar surface area (TPSA) is 166 Å². The van der Waals surface area contributed by atoms with Crippen LogP contribution in [-0.4, -0.2) is 70.6 Å². The zero-order valence-electron chi connectivity index (χ0n) is 34.4. The summed E-state index contributed by atoms with van der Waals surface area (Å²) in [5, 5.41) is 15.9. The van der Waals surface area contributed by atoms with E-state index in [2.05, 4.69) is 38.4 Å². The third kappa shape index (κ3) is 7.24. The van der Waals surface area contributed by atoms with Gasteiger partial charge in [0.15, 0.2) is 0 Å². The van der Waals surface area contributed by atoms with Crippen LogP contribution in [0.1, 0.15) is 122 Å². The molecule has 322 valence electrons. The van der Waals surface area contributed by atoms with Crippen molar-refractivity contribution in [2.24, 2.45) is 5.92 Å². The number of carbonyl (C=O) groups is 6. The van der Waals surface area contributed by atoms with Crippen LogP contribution < -0.4 is 26.6 Å². The first-order valence-corrected chi connectivity index (χ1v) is 22.4. The lowest BCUT2D eigenvalue weighted by molar-refractivity contribution is -0.137. The van der Waals surface area contributed by atoms with E-state index in [0.717, 1.165) is 36.0 Å². The number of hydrogen-bond acceptors (Lipinski definition) is 7. The second-order valence-corrected chi connectivity index (χ2v) is 18.1. The third-order valence-corrected chi connectivity index (χ3v) is 14.5. The van der Waals surface area contributed by atoms with Crippen LogP contribution in [-0.2, 0) is 35.9 Å². The molecule has 4 aliphatic heterocycles. The minimum Gasteiger partial charge on any atom is -0.356 e. The maximum atomic E-state index is 16.0. The molecular weight excluding hydrogens is 811 g/mol. The monoisotopic (exact) mass is 860 g/mol. The summed E-state index contributed by atoms with van der Waals surface area (Å²) in [6.07, 6.45) is 8.14. The molecule has 4 heterocycles. The van der Waals surface area contributed by atoms with Crippen LogP contribution in [0, 0.1) is 23.6 Å². The number of benzene rings is 3. The van der Waals surface area contributed by atoms with Gasteiger partial charge in [-0.25, -0.2) is 4.39 Å². The minimum absolute atomic E-state index is 0.0278. The van der Waals surface area contributed by atoms with Gasteiger partial charge in [-0.15, -0.1) is 0 Å². The fourth-order valence-corrected chi connectivity index (χ4v) is 11.5. The lowest BCUT2D eigenvalue weighted by Crippen LogP contribution is -2.60. The summed E-state index contributed by atoms with van der Waals surface area (Å²) in [5.74, 6) is 3.28. The van der Waals surface area contributed by atoms with Gasteiger partial charge in [0, 0.05) is 71.2 Å². The largest absolute Gasteiger partial charge is 0.356 e. The van der Waals surface area contributed by atoms with Gasteiger partial charge < -0.3 is 20.9 Å². The Kier molecular flexibility index (Phi) is 11.4. The number of imide groups is 1. The Labute approximate surface area is 364 Å². The summed E-state index contributed by atoms with van der Waals surface area (Å²) in [5.41, 5.74) is 1.63. The van der Waals surface area contributed by atoms with Crippen LogP contribution in [0.25, 0.3) is 0 Å². The molecule has 2 spiro atoms. The highest BCUT2D eigenvalue weighted by atomic mass is 35.5. The predicted octanol–water partition coefficient (Wildman–Crippen LogP) is 5.51. The Balaban J connectivity index is 0.806. The van der Waals surface area contributed by atoms with Gasteiger partial charge in [-0.1, -0.05) is 73.0 Å². The van der Waals surface area contributed by atoms with Crippen molar-refractivity contribution in [3.8, 4) is 11.8 Å². The van der Waals surface area contributed by atoms with Crippen molar-refractivity contribution in [3.05, 3.63) is 99.3 Å². The average Bonchev–Trinajstić information content (AvgIpc) is 3.86. The SMILES string of the molecule is O=C1CCC(N2Cc3c(C#CCCCNC(=O)C4CCC(NC(=O)C5NC6(CCCCC6)[C@@]6(C(=O)Nc7cc(Cl)ccc76)[C@H]5c5ccccc5F)CC4)cccc3C2=O)C(=O)N1. The van der Waals surface area contributed by atoms with Gasteiger partial charge in [0.1, 0.15) is 17.3 Å². The second kappa shape index (κ2) is 16.9. The second-order valence-electron chi connectivity index (χ2n) is 17.7. The van der Waals surface area contributed by atoms with Crippen LogP contribution in [0.3, 0.4) is 0 Å². The zero-order chi connectivity index (χ0) is 43.2. The summed E-state index contributed by atoms with van der Waals surface area (Å²) >= 11 is 6.40. The van der Waals surface area contributed by atoms with Gasteiger partial charge in [-0.2, -0.15) is 0 Å². The molecule has 6 aliphatic rings. The van der Waals surface area contributed by atoms with Crippen LogP contribution in [0.15, 0.2) is 60.7 Å². The number of hydrogen-bond donors (Lipinski definition) is 5. The fraction of sp³-hybridized carbons (Fsp3) is 0.458. The summed E-state index contributed by atoms with van der Waals surface area (Å²) in [7, 11) is 0. The Bertz CT molecular complexity index is 2420. The van der Waals surface area contributed by atoms with E-state index in [0.29, 0.717) is 86.2 Å². The molecule has 0 radical (unpaired) electrons. The van der Waals surface area contributed by atoms with E-state index < -0.39 is 40.7 Å². The molecule has 4 atom stereocenters. The molecule has 9 rings (SSSR count). The van der Waals surface area contributed by atoms with Crippen LogP contribution >= 0.6 is 11.6 Å². The van der Waals surface area contributed by atoms with E-state index in [1.807, 2.05) is 12.1 Å². The summed E-state index contributed by atoms with van der Waals surface area (Å²) in [4.78, 5) is 81.1. The van der Waals surface area contributed by atoms with Gasteiger partial charge >= 0.3 is 0 Å². The highest BCUT2D eigenvalue weighted by Gasteiger charge is 2.72. The molecule has 4 fully saturated rings. The molecule has 2 saturated heterocycles. The quantitative estimate of drug-likeness (QED) is 0.113. The number of halogens is 2.